The van der Waals surface area contributed by atoms with Gasteiger partial charge in [-0.15, -0.1) is 0 Å². The third-order valence-electron chi connectivity index (χ3n) is 8.95. The molecule has 7 rings (SSSR count). The van der Waals surface area contributed by atoms with Gasteiger partial charge in [0, 0.05) is 23.6 Å². The summed E-state index contributed by atoms with van der Waals surface area (Å²) in [4.78, 5) is 56.8. The number of halogens is 2. The van der Waals surface area contributed by atoms with Crippen molar-refractivity contribution in [2.45, 2.75) is 30.3 Å². The maximum absolute atomic E-state index is 15.0. The van der Waals surface area contributed by atoms with Crippen molar-refractivity contribution in [1.82, 2.24) is 13.9 Å². The number of phenolic OH excluding ortho intramolecular Hbond substituents is 1. The van der Waals surface area contributed by atoms with Gasteiger partial charge < -0.3 is 5.11 Å². The van der Waals surface area contributed by atoms with Gasteiger partial charge >= 0.3 is 11.4 Å². The first-order valence-electron chi connectivity index (χ1n) is 13.4. The number of aromatic hydroxyl groups is 1. The third-order valence-corrected chi connectivity index (χ3v) is 9.19. The number of anilines is 1. The molecule has 2 aliphatic heterocycles. The lowest BCUT2D eigenvalue weighted by Gasteiger charge is -2.49. The molecule has 0 unspecified atom stereocenters. The standard InChI is InChI=1S/C31H24ClFN4O5/c1-34-29(41)35-14-13-20-24(37(35)30(34)42)16-22-27(39)36(19-10-5-9-18(32)15-19)28(40)31(22,17-7-3-2-4-8-17)25(20)21-11-6-12-23(33)26(21)38/h2-13,15,22,24-25,38H,14,16H2,1H3/t22-,24+,25+,31+/m0/s1. The highest BCUT2D eigenvalue weighted by Crippen LogP contribution is 2.63. The summed E-state index contributed by atoms with van der Waals surface area (Å²) in [5.41, 5.74) is -1.28. The molecule has 0 radical (unpaired) electrons. The van der Waals surface area contributed by atoms with Gasteiger partial charge in [0.15, 0.2) is 11.6 Å². The maximum Gasteiger partial charge on any atom is 0.347 e. The van der Waals surface area contributed by atoms with Crippen LogP contribution in [-0.4, -0.2) is 30.9 Å². The minimum absolute atomic E-state index is 0.0122. The zero-order chi connectivity index (χ0) is 29.5. The largest absolute Gasteiger partial charge is 0.505 e. The first kappa shape index (κ1) is 26.2. The SMILES string of the molecule is Cn1c(=O)n2n(c1=O)[C@@H]1C[C@H]3C(=O)N(c4cccc(Cl)c4)C(=O)[C@@]3(c3ccccc3)[C@@H](c3cccc(F)c3O)C1=CC2. The number of carbonyl (C=O) groups excluding carboxylic acids is 2. The van der Waals surface area contributed by atoms with Gasteiger partial charge in [-0.05, 0) is 41.8 Å². The molecule has 0 bridgehead atoms. The Morgan fingerprint density at radius 1 is 0.952 bits per heavy atom. The number of carbonyl (C=O) groups is 2. The van der Waals surface area contributed by atoms with Crippen molar-refractivity contribution in [1.29, 1.82) is 0 Å². The van der Waals surface area contributed by atoms with Crippen LogP contribution in [0, 0.1) is 11.7 Å². The number of para-hydroxylation sites is 1. The highest BCUT2D eigenvalue weighted by Gasteiger charge is 2.69. The third kappa shape index (κ3) is 3.29. The highest BCUT2D eigenvalue weighted by atomic mass is 35.5. The van der Waals surface area contributed by atoms with Crippen LogP contribution in [0.1, 0.15) is 29.5 Å². The molecule has 4 aromatic rings. The number of imide groups is 1. The first-order valence-corrected chi connectivity index (χ1v) is 13.8. The van der Waals surface area contributed by atoms with E-state index in [9.17, 15) is 28.7 Å². The number of fused-ring (bicyclic) bond motifs is 4. The maximum atomic E-state index is 15.0. The summed E-state index contributed by atoms with van der Waals surface area (Å²) in [6.07, 6.45) is 1.76. The fraction of sp³-hybridized carbons (Fsp3) is 0.226. The van der Waals surface area contributed by atoms with E-state index in [1.807, 2.05) is 0 Å². The van der Waals surface area contributed by atoms with E-state index in [-0.39, 0.29) is 24.2 Å². The Bertz CT molecular complexity index is 1960. The van der Waals surface area contributed by atoms with Gasteiger partial charge in [-0.1, -0.05) is 66.2 Å². The predicted octanol–water partition coefficient (Wildman–Crippen LogP) is 3.64. The number of hydrogen-bond donors (Lipinski definition) is 1. The van der Waals surface area contributed by atoms with Crippen LogP contribution in [0.4, 0.5) is 10.1 Å². The average molecular weight is 587 g/mol. The van der Waals surface area contributed by atoms with E-state index >= 15 is 0 Å². The molecule has 212 valence electrons. The van der Waals surface area contributed by atoms with E-state index < -0.39 is 58.1 Å². The molecule has 1 N–H and O–H groups in total. The summed E-state index contributed by atoms with van der Waals surface area (Å²) in [6, 6.07) is 18.4. The van der Waals surface area contributed by atoms with E-state index in [0.717, 1.165) is 15.5 Å². The Balaban J connectivity index is 1.58. The van der Waals surface area contributed by atoms with Gasteiger partial charge in [-0.2, -0.15) is 0 Å². The molecule has 3 heterocycles. The summed E-state index contributed by atoms with van der Waals surface area (Å²) in [6.45, 7) is 0.0169. The summed E-state index contributed by atoms with van der Waals surface area (Å²) in [7, 11) is 1.38. The molecule has 42 heavy (non-hydrogen) atoms. The summed E-state index contributed by atoms with van der Waals surface area (Å²) < 4.78 is 18.6. The number of phenols is 1. The number of nitrogens with zero attached hydrogens (tertiary/aromatic N) is 4. The predicted molar refractivity (Wildman–Crippen MR) is 152 cm³/mol. The molecular weight excluding hydrogens is 563 g/mol. The molecule has 9 nitrogen and oxygen atoms in total. The smallest absolute Gasteiger partial charge is 0.347 e. The number of allylic oxidation sites excluding steroid dienone is 2. The van der Waals surface area contributed by atoms with Crippen LogP contribution in [0.15, 0.2) is 94.0 Å². The van der Waals surface area contributed by atoms with Crippen molar-refractivity contribution in [3.63, 3.8) is 0 Å². The van der Waals surface area contributed by atoms with Crippen molar-refractivity contribution in [3.05, 3.63) is 127 Å². The summed E-state index contributed by atoms with van der Waals surface area (Å²) in [5, 5.41) is 11.5. The fourth-order valence-corrected chi connectivity index (χ4v) is 7.41. The van der Waals surface area contributed by atoms with E-state index in [4.69, 9.17) is 11.6 Å². The van der Waals surface area contributed by atoms with Crippen molar-refractivity contribution in [2.75, 3.05) is 4.90 Å². The van der Waals surface area contributed by atoms with Crippen LogP contribution in [-0.2, 0) is 28.6 Å². The quantitative estimate of drug-likeness (QED) is 0.291. The van der Waals surface area contributed by atoms with Crippen molar-refractivity contribution in [2.24, 2.45) is 13.0 Å². The molecule has 1 saturated carbocycles. The van der Waals surface area contributed by atoms with E-state index in [2.05, 4.69) is 0 Å². The van der Waals surface area contributed by atoms with Crippen LogP contribution >= 0.6 is 11.6 Å². The lowest BCUT2D eigenvalue weighted by atomic mass is 9.53. The molecule has 1 aromatic heterocycles. The van der Waals surface area contributed by atoms with Gasteiger partial charge in [0.2, 0.25) is 11.8 Å². The molecule has 3 aliphatic rings. The number of aromatic nitrogens is 3. The lowest BCUT2D eigenvalue weighted by Crippen LogP contribution is -2.53. The minimum Gasteiger partial charge on any atom is -0.505 e. The Kier molecular flexibility index (Phi) is 5.71. The van der Waals surface area contributed by atoms with Gasteiger partial charge in [0.25, 0.3) is 0 Å². The minimum atomic E-state index is -1.62. The van der Waals surface area contributed by atoms with Crippen LogP contribution in [0.3, 0.4) is 0 Å². The number of benzene rings is 3. The molecule has 4 atom stereocenters. The summed E-state index contributed by atoms with van der Waals surface area (Å²) >= 11 is 6.27. The molecule has 3 aromatic carbocycles. The van der Waals surface area contributed by atoms with Crippen molar-refractivity contribution >= 4 is 29.1 Å². The fourth-order valence-electron chi connectivity index (χ4n) is 7.22. The van der Waals surface area contributed by atoms with Gasteiger partial charge in [-0.3, -0.25) is 9.59 Å². The topological polar surface area (TPSA) is 107 Å². The molecule has 1 saturated heterocycles. The molecular formula is C31H24ClFN4O5. The molecule has 0 spiro atoms. The van der Waals surface area contributed by atoms with Crippen LogP contribution < -0.4 is 16.3 Å². The number of rotatable bonds is 3. The zero-order valence-electron chi connectivity index (χ0n) is 22.3. The van der Waals surface area contributed by atoms with Crippen LogP contribution in [0.25, 0.3) is 0 Å². The Morgan fingerprint density at radius 2 is 1.69 bits per heavy atom. The average Bonchev–Trinajstić information content (AvgIpc) is 3.35. The lowest BCUT2D eigenvalue weighted by molar-refractivity contribution is -0.124. The molecule has 1 aliphatic carbocycles. The normalized spacial score (nSPS) is 24.7. The van der Waals surface area contributed by atoms with Gasteiger partial charge in [-0.25, -0.2) is 32.8 Å². The number of amides is 2. The van der Waals surface area contributed by atoms with Crippen molar-refractivity contribution in [3.8, 4) is 5.75 Å². The zero-order valence-corrected chi connectivity index (χ0v) is 23.0. The second kappa shape index (κ2) is 9.15. The monoisotopic (exact) mass is 586 g/mol. The van der Waals surface area contributed by atoms with Gasteiger partial charge in [0.1, 0.15) is 0 Å². The van der Waals surface area contributed by atoms with Gasteiger partial charge in [0.05, 0.1) is 29.6 Å². The Morgan fingerprint density at radius 3 is 2.43 bits per heavy atom. The number of hydrogen-bond acceptors (Lipinski definition) is 5. The van der Waals surface area contributed by atoms with Crippen LogP contribution in [0.2, 0.25) is 5.02 Å². The van der Waals surface area contributed by atoms with E-state index in [1.165, 1.54) is 34.6 Å². The first-order chi connectivity index (χ1) is 20.2. The molecule has 11 heteroatoms. The summed E-state index contributed by atoms with van der Waals surface area (Å²) in [5.74, 6) is -4.71. The second-order valence-corrected chi connectivity index (χ2v) is 11.3. The van der Waals surface area contributed by atoms with E-state index in [0.29, 0.717) is 16.2 Å². The Hall–Kier alpha value is -4.70. The van der Waals surface area contributed by atoms with Crippen molar-refractivity contribution < 1.29 is 19.1 Å². The van der Waals surface area contributed by atoms with E-state index in [1.54, 1.807) is 54.6 Å². The molecule has 2 amide bonds. The molecule has 2 fully saturated rings. The van der Waals surface area contributed by atoms with Crippen LogP contribution in [0.5, 0.6) is 5.75 Å². The highest BCUT2D eigenvalue weighted by molar-refractivity contribution is 6.32. The second-order valence-electron chi connectivity index (χ2n) is 10.9. The Labute approximate surface area is 243 Å².